The Morgan fingerprint density at radius 3 is 2.44 bits per heavy atom. The molecule has 2 aromatic rings. The molecule has 0 N–H and O–H groups in total. The number of nitrogens with zero attached hydrogens (tertiary/aromatic N) is 3. The van der Waals surface area contributed by atoms with E-state index in [4.69, 9.17) is 0 Å². The van der Waals surface area contributed by atoms with Gasteiger partial charge in [0.1, 0.15) is 11.5 Å². The molecule has 3 rings (SSSR count). The summed E-state index contributed by atoms with van der Waals surface area (Å²) in [5.41, 5.74) is 0.855. The van der Waals surface area contributed by atoms with Crippen molar-refractivity contribution in [1.29, 1.82) is 0 Å². The predicted molar refractivity (Wildman–Crippen MR) is 85.2 cm³/mol. The molecule has 25 heavy (non-hydrogen) atoms. The zero-order chi connectivity index (χ0) is 18.0. The number of anilines is 1. The van der Waals surface area contributed by atoms with Crippen molar-refractivity contribution in [3.63, 3.8) is 0 Å². The molecule has 1 aromatic heterocycles. The highest BCUT2D eigenvalue weighted by molar-refractivity contribution is 5.88. The zero-order valence-electron chi connectivity index (χ0n) is 13.5. The molecule has 0 atom stereocenters. The molecule has 0 amide bonds. The largest absolute Gasteiger partial charge is 0.464 e. The number of benzene rings is 1. The fourth-order valence-electron chi connectivity index (χ4n) is 2.66. The Labute approximate surface area is 142 Å². The molecule has 1 aromatic carbocycles. The fourth-order valence-corrected chi connectivity index (χ4v) is 2.66. The molecule has 132 valence electrons. The van der Waals surface area contributed by atoms with Crippen molar-refractivity contribution in [2.75, 3.05) is 25.1 Å². The standard InChI is InChI=1S/C17H16F3N3O2/c1-25-16(24)13-10-21-15(23-8-6-17(19,20)7-9-23)14(22-13)11-2-4-12(18)5-3-11/h2-5,10H,6-9H2,1H3. The van der Waals surface area contributed by atoms with Crippen LogP contribution in [0.25, 0.3) is 11.3 Å². The van der Waals surface area contributed by atoms with Gasteiger partial charge < -0.3 is 9.64 Å². The first-order valence-corrected chi connectivity index (χ1v) is 7.74. The maximum Gasteiger partial charge on any atom is 0.358 e. The van der Waals surface area contributed by atoms with Crippen LogP contribution in [0.15, 0.2) is 30.5 Å². The van der Waals surface area contributed by atoms with E-state index in [1.165, 1.54) is 37.6 Å². The van der Waals surface area contributed by atoms with Gasteiger partial charge >= 0.3 is 5.97 Å². The average molecular weight is 351 g/mol. The number of esters is 1. The van der Waals surface area contributed by atoms with Crippen LogP contribution in [0.5, 0.6) is 0 Å². The summed E-state index contributed by atoms with van der Waals surface area (Å²) >= 11 is 0. The Balaban J connectivity index is 2.02. The van der Waals surface area contributed by atoms with Crippen LogP contribution < -0.4 is 4.90 Å². The third-order valence-electron chi connectivity index (χ3n) is 4.06. The second-order valence-corrected chi connectivity index (χ2v) is 5.77. The highest BCUT2D eigenvalue weighted by Crippen LogP contribution is 2.34. The second-order valence-electron chi connectivity index (χ2n) is 5.77. The quantitative estimate of drug-likeness (QED) is 0.794. The molecular formula is C17H16F3N3O2. The molecule has 1 aliphatic rings. The normalized spacial score (nSPS) is 16.6. The predicted octanol–water partition coefficient (Wildman–Crippen LogP) is 3.30. The molecular weight excluding hydrogens is 335 g/mol. The van der Waals surface area contributed by atoms with Crippen molar-refractivity contribution < 1.29 is 22.7 Å². The first-order valence-electron chi connectivity index (χ1n) is 7.74. The Hall–Kier alpha value is -2.64. The molecule has 0 spiro atoms. The van der Waals surface area contributed by atoms with Gasteiger partial charge in [-0.2, -0.15) is 0 Å². The first kappa shape index (κ1) is 17.2. The number of hydrogen-bond donors (Lipinski definition) is 0. The molecule has 0 saturated carbocycles. The second kappa shape index (κ2) is 6.70. The van der Waals surface area contributed by atoms with Crippen LogP contribution in [0, 0.1) is 5.82 Å². The number of ether oxygens (including phenoxy) is 1. The molecule has 1 fully saturated rings. The summed E-state index contributed by atoms with van der Waals surface area (Å²) < 4.78 is 44.7. The number of halogens is 3. The lowest BCUT2D eigenvalue weighted by Gasteiger charge is -2.33. The Kier molecular flexibility index (Phi) is 4.61. The molecule has 0 bridgehead atoms. The molecule has 0 radical (unpaired) electrons. The van der Waals surface area contributed by atoms with Crippen LogP contribution in [0.3, 0.4) is 0 Å². The highest BCUT2D eigenvalue weighted by Gasteiger charge is 2.35. The van der Waals surface area contributed by atoms with E-state index in [9.17, 15) is 18.0 Å². The van der Waals surface area contributed by atoms with Crippen LogP contribution in [-0.2, 0) is 4.74 Å². The van der Waals surface area contributed by atoms with Gasteiger partial charge in [0, 0.05) is 31.5 Å². The third kappa shape index (κ3) is 3.72. The number of rotatable bonds is 3. The SMILES string of the molecule is COC(=O)c1cnc(N2CCC(F)(F)CC2)c(-c2ccc(F)cc2)n1. The molecule has 0 unspecified atom stereocenters. The molecule has 1 saturated heterocycles. The van der Waals surface area contributed by atoms with E-state index in [0.29, 0.717) is 17.1 Å². The van der Waals surface area contributed by atoms with Gasteiger partial charge in [0.15, 0.2) is 11.5 Å². The van der Waals surface area contributed by atoms with Gasteiger partial charge in [0.25, 0.3) is 5.92 Å². The van der Waals surface area contributed by atoms with Gasteiger partial charge in [-0.1, -0.05) is 0 Å². The van der Waals surface area contributed by atoms with Crippen molar-refractivity contribution in [1.82, 2.24) is 9.97 Å². The maximum absolute atomic E-state index is 13.4. The van der Waals surface area contributed by atoms with Gasteiger partial charge in [0.05, 0.1) is 13.3 Å². The van der Waals surface area contributed by atoms with Gasteiger partial charge in [-0.25, -0.2) is 27.9 Å². The highest BCUT2D eigenvalue weighted by atomic mass is 19.3. The fraction of sp³-hybridized carbons (Fsp3) is 0.353. The summed E-state index contributed by atoms with van der Waals surface area (Å²) in [5.74, 6) is -3.38. The average Bonchev–Trinajstić information content (AvgIpc) is 2.61. The van der Waals surface area contributed by atoms with Crippen molar-refractivity contribution in [3.8, 4) is 11.3 Å². The lowest BCUT2D eigenvalue weighted by Crippen LogP contribution is -2.40. The number of piperidine rings is 1. The van der Waals surface area contributed by atoms with E-state index in [2.05, 4.69) is 14.7 Å². The van der Waals surface area contributed by atoms with Gasteiger partial charge in [0.2, 0.25) is 0 Å². The Morgan fingerprint density at radius 2 is 1.84 bits per heavy atom. The van der Waals surface area contributed by atoms with E-state index in [1.54, 1.807) is 4.90 Å². The minimum atomic E-state index is -2.69. The minimum Gasteiger partial charge on any atom is -0.464 e. The van der Waals surface area contributed by atoms with Gasteiger partial charge in [-0.05, 0) is 24.3 Å². The Morgan fingerprint density at radius 1 is 1.20 bits per heavy atom. The monoisotopic (exact) mass is 351 g/mol. The van der Waals surface area contributed by atoms with Gasteiger partial charge in [-0.3, -0.25) is 0 Å². The number of hydrogen-bond acceptors (Lipinski definition) is 5. The lowest BCUT2D eigenvalue weighted by atomic mass is 10.1. The van der Waals surface area contributed by atoms with E-state index < -0.39 is 17.7 Å². The van der Waals surface area contributed by atoms with Crippen molar-refractivity contribution in [2.24, 2.45) is 0 Å². The third-order valence-corrected chi connectivity index (χ3v) is 4.06. The van der Waals surface area contributed by atoms with E-state index >= 15 is 0 Å². The molecule has 2 heterocycles. The number of carbonyl (C=O) groups excluding carboxylic acids is 1. The van der Waals surface area contributed by atoms with E-state index in [0.717, 1.165) is 0 Å². The van der Waals surface area contributed by atoms with Crippen LogP contribution in [0.4, 0.5) is 19.0 Å². The summed E-state index contributed by atoms with van der Waals surface area (Å²) in [6.45, 7) is 0.237. The molecule has 5 nitrogen and oxygen atoms in total. The summed E-state index contributed by atoms with van der Waals surface area (Å²) in [7, 11) is 1.22. The zero-order valence-corrected chi connectivity index (χ0v) is 13.5. The van der Waals surface area contributed by atoms with Gasteiger partial charge in [-0.15, -0.1) is 0 Å². The van der Waals surface area contributed by atoms with Crippen molar-refractivity contribution in [2.45, 2.75) is 18.8 Å². The molecule has 8 heteroatoms. The summed E-state index contributed by atoms with van der Waals surface area (Å²) in [5, 5.41) is 0. The number of alkyl halides is 2. The van der Waals surface area contributed by atoms with Crippen molar-refractivity contribution in [3.05, 3.63) is 42.0 Å². The number of methoxy groups -OCH3 is 1. The van der Waals surface area contributed by atoms with Crippen molar-refractivity contribution >= 4 is 11.8 Å². The lowest BCUT2D eigenvalue weighted by molar-refractivity contribution is -0.0221. The van der Waals surface area contributed by atoms with Crippen LogP contribution in [0.1, 0.15) is 23.3 Å². The molecule has 1 aliphatic heterocycles. The van der Waals surface area contributed by atoms with Crippen LogP contribution in [0.2, 0.25) is 0 Å². The topological polar surface area (TPSA) is 55.3 Å². The van der Waals surface area contributed by atoms with Crippen LogP contribution >= 0.6 is 0 Å². The molecule has 0 aliphatic carbocycles. The summed E-state index contributed by atoms with van der Waals surface area (Å²) in [6.07, 6.45) is 0.688. The van der Waals surface area contributed by atoms with E-state index in [1.807, 2.05) is 0 Å². The minimum absolute atomic E-state index is 0.00656. The summed E-state index contributed by atoms with van der Waals surface area (Å²) in [6, 6.07) is 5.52. The van der Waals surface area contributed by atoms with Crippen LogP contribution in [-0.4, -0.2) is 42.1 Å². The van der Waals surface area contributed by atoms with E-state index in [-0.39, 0.29) is 31.6 Å². The Bertz CT molecular complexity index is 771. The number of aromatic nitrogens is 2. The summed E-state index contributed by atoms with van der Waals surface area (Å²) in [4.78, 5) is 21.9. The smallest absolute Gasteiger partial charge is 0.358 e. The first-order chi connectivity index (χ1) is 11.9. The maximum atomic E-state index is 13.4. The number of carbonyl (C=O) groups is 1.